The molecule has 1 fully saturated rings. The van der Waals surface area contributed by atoms with Crippen LogP contribution in [0.1, 0.15) is 62.3 Å². The highest BCUT2D eigenvalue weighted by molar-refractivity contribution is 6.74. The van der Waals surface area contributed by atoms with Gasteiger partial charge < -0.3 is 29.1 Å². The van der Waals surface area contributed by atoms with Crippen LogP contribution in [0.2, 0.25) is 18.1 Å². The first-order chi connectivity index (χ1) is 19.4. The lowest BCUT2D eigenvalue weighted by Crippen LogP contribution is -2.57. The largest absolute Gasteiger partial charge is 0.471 e. The Hall–Kier alpha value is -2.99. The number of nitrogens with two attached hydrogens (primary N) is 1. The average Bonchev–Trinajstić information content (AvgIpc) is 3.44. The quantitative estimate of drug-likeness (QED) is 0.255. The molecule has 13 heteroatoms. The second-order valence-corrected chi connectivity index (χ2v) is 16.8. The van der Waals surface area contributed by atoms with Gasteiger partial charge in [0.1, 0.15) is 30.0 Å². The zero-order valence-electron chi connectivity index (χ0n) is 25.0. The summed E-state index contributed by atoms with van der Waals surface area (Å²) in [5.41, 5.74) is 8.43. The molecule has 4 heterocycles. The summed E-state index contributed by atoms with van der Waals surface area (Å²) >= 11 is 0. The Morgan fingerprint density at radius 3 is 2.61 bits per heavy atom. The van der Waals surface area contributed by atoms with Crippen molar-refractivity contribution in [3.8, 4) is 11.9 Å². The first kappa shape index (κ1) is 31.0. The van der Waals surface area contributed by atoms with Crippen LogP contribution in [0, 0.1) is 11.3 Å². The van der Waals surface area contributed by atoms with E-state index in [1.54, 1.807) is 0 Å². The van der Waals surface area contributed by atoms with Crippen LogP contribution >= 0.6 is 0 Å². The van der Waals surface area contributed by atoms with Gasteiger partial charge in [0.25, 0.3) is 0 Å². The summed E-state index contributed by atoms with van der Waals surface area (Å²) in [6, 6.07) is 3.38. The van der Waals surface area contributed by atoms with Gasteiger partial charge in [-0.1, -0.05) is 20.8 Å². The molecule has 2 aliphatic rings. The average molecular weight is 586 g/mol. The Balaban J connectivity index is 1.85. The number of quaternary nitrogens is 1. The van der Waals surface area contributed by atoms with Crippen LogP contribution < -0.4 is 15.0 Å². The number of amides is 2. The van der Waals surface area contributed by atoms with E-state index in [4.69, 9.17) is 34.1 Å². The Labute approximate surface area is 242 Å². The molecule has 4 rings (SSSR count). The van der Waals surface area contributed by atoms with Gasteiger partial charge in [-0.15, -0.1) is 9.47 Å². The molecule has 0 saturated carbocycles. The number of aryl methyl sites for hydroxylation is 1. The number of primary amides is 1. The number of carbonyl (C=O) groups is 1. The molecular formula is C28H41N6O6Si+. The van der Waals surface area contributed by atoms with Gasteiger partial charge in [-0.2, -0.15) is 15.2 Å². The number of pyridine rings is 1. The van der Waals surface area contributed by atoms with Gasteiger partial charge in [-0.05, 0) is 30.6 Å². The second kappa shape index (κ2) is 12.1. The summed E-state index contributed by atoms with van der Waals surface area (Å²) in [4.78, 5) is 27.4. The van der Waals surface area contributed by atoms with Crippen LogP contribution in [0.15, 0.2) is 12.3 Å². The lowest BCUT2D eigenvalue weighted by Gasteiger charge is -2.37. The van der Waals surface area contributed by atoms with E-state index in [0.29, 0.717) is 50.6 Å². The molecule has 2 atom stereocenters. The summed E-state index contributed by atoms with van der Waals surface area (Å²) < 4.78 is 28.7. The SMILES string of the molecule is COC(OC)c1nc2c(cc1CO[Si](C)(C)C(C)(C)C)CCC[N@@+]2(C(N)=O)c1ncc(C#N)c(OC2CCOC2)n1. The normalized spacial score (nSPS) is 21.0. The molecule has 1 unspecified atom stereocenters. The van der Waals surface area contributed by atoms with E-state index in [1.807, 2.05) is 6.07 Å². The number of ether oxygens (including phenoxy) is 4. The van der Waals surface area contributed by atoms with E-state index in [9.17, 15) is 10.1 Å². The number of fused-ring (bicyclic) bond motifs is 1. The molecule has 0 aliphatic carbocycles. The zero-order chi connectivity index (χ0) is 30.0. The molecule has 2 aromatic heterocycles. The number of urea groups is 1. The Bertz CT molecular complexity index is 1320. The second-order valence-electron chi connectivity index (χ2n) is 11.9. The van der Waals surface area contributed by atoms with Crippen LogP contribution in [0.4, 0.5) is 16.6 Å². The first-order valence-electron chi connectivity index (χ1n) is 13.8. The number of hydrogen-bond acceptors (Lipinski definition) is 10. The van der Waals surface area contributed by atoms with Gasteiger partial charge >= 0.3 is 12.0 Å². The molecule has 0 bridgehead atoms. The Kier molecular flexibility index (Phi) is 9.12. The van der Waals surface area contributed by atoms with Crippen molar-refractivity contribution in [2.45, 2.75) is 77.2 Å². The lowest BCUT2D eigenvalue weighted by atomic mass is 10.00. The monoisotopic (exact) mass is 585 g/mol. The van der Waals surface area contributed by atoms with E-state index in [0.717, 1.165) is 11.1 Å². The summed E-state index contributed by atoms with van der Waals surface area (Å²) in [7, 11) is 0.976. The van der Waals surface area contributed by atoms with E-state index in [2.05, 4.69) is 49.9 Å². The summed E-state index contributed by atoms with van der Waals surface area (Å²) in [5.74, 6) is 0.570. The summed E-state index contributed by atoms with van der Waals surface area (Å²) in [5, 5.41) is 9.70. The van der Waals surface area contributed by atoms with Crippen molar-refractivity contribution in [1.82, 2.24) is 19.4 Å². The van der Waals surface area contributed by atoms with Crippen LogP contribution in [0.25, 0.3) is 0 Å². The maximum atomic E-state index is 13.4. The van der Waals surface area contributed by atoms with Gasteiger partial charge in [0, 0.05) is 38.2 Å². The molecule has 12 nitrogen and oxygen atoms in total. The van der Waals surface area contributed by atoms with Crippen molar-refractivity contribution in [2.75, 3.05) is 34.0 Å². The first-order valence-corrected chi connectivity index (χ1v) is 16.7. The molecule has 2 aliphatic heterocycles. The van der Waals surface area contributed by atoms with Gasteiger partial charge in [-0.3, -0.25) is 0 Å². The minimum atomic E-state index is -2.09. The highest BCUT2D eigenvalue weighted by Crippen LogP contribution is 2.42. The fraction of sp³-hybridized carbons (Fsp3) is 0.607. The summed E-state index contributed by atoms with van der Waals surface area (Å²) in [6.07, 6.45) is 2.28. The number of nitrogens with zero attached hydrogens (tertiary/aromatic N) is 5. The van der Waals surface area contributed by atoms with Gasteiger partial charge in [0.05, 0.1) is 26.0 Å². The third-order valence-corrected chi connectivity index (χ3v) is 12.8. The van der Waals surface area contributed by atoms with Crippen LogP contribution in [-0.4, -0.2) is 69.4 Å². The van der Waals surface area contributed by atoms with Crippen molar-refractivity contribution < 1.29 is 28.2 Å². The predicted octanol–water partition coefficient (Wildman–Crippen LogP) is 4.39. The van der Waals surface area contributed by atoms with E-state index in [-0.39, 0.29) is 35.1 Å². The van der Waals surface area contributed by atoms with Crippen LogP contribution in [-0.2, 0) is 31.7 Å². The molecular weight excluding hydrogens is 544 g/mol. The predicted molar refractivity (Wildman–Crippen MR) is 154 cm³/mol. The molecule has 2 amide bonds. The number of methoxy groups -OCH3 is 2. The van der Waals surface area contributed by atoms with Crippen LogP contribution in [0.3, 0.4) is 0 Å². The molecule has 1 saturated heterocycles. The van der Waals surface area contributed by atoms with Crippen LogP contribution in [0.5, 0.6) is 5.88 Å². The molecule has 2 aromatic rings. The number of rotatable bonds is 9. The molecule has 0 radical (unpaired) electrons. The minimum Gasteiger partial charge on any atom is -0.471 e. The zero-order valence-corrected chi connectivity index (χ0v) is 26.0. The topological polar surface area (TPSA) is 152 Å². The van der Waals surface area contributed by atoms with Crippen molar-refractivity contribution >= 4 is 26.1 Å². The van der Waals surface area contributed by atoms with Crippen molar-refractivity contribution in [3.63, 3.8) is 0 Å². The van der Waals surface area contributed by atoms with E-state index < -0.39 is 25.1 Å². The number of hydrogen-bond donors (Lipinski definition) is 1. The molecule has 41 heavy (non-hydrogen) atoms. The fourth-order valence-electron chi connectivity index (χ4n) is 4.83. The number of carbonyl (C=O) groups excluding carboxylic acids is 1. The number of nitriles is 1. The fourth-order valence-corrected chi connectivity index (χ4v) is 5.78. The summed E-state index contributed by atoms with van der Waals surface area (Å²) in [6.45, 7) is 12.5. The molecule has 0 spiro atoms. The lowest BCUT2D eigenvalue weighted by molar-refractivity contribution is -0.109. The van der Waals surface area contributed by atoms with Gasteiger partial charge in [0.2, 0.25) is 18.0 Å². The smallest absolute Gasteiger partial charge is 0.428 e. The highest BCUT2D eigenvalue weighted by atomic mass is 28.4. The third kappa shape index (κ3) is 5.99. The third-order valence-electron chi connectivity index (χ3n) is 8.28. The van der Waals surface area contributed by atoms with E-state index in [1.165, 1.54) is 20.4 Å². The number of aromatic nitrogens is 3. The van der Waals surface area contributed by atoms with Crippen molar-refractivity contribution in [3.05, 3.63) is 34.6 Å². The van der Waals surface area contributed by atoms with Gasteiger partial charge in [0.15, 0.2) is 8.32 Å². The van der Waals surface area contributed by atoms with Crippen molar-refractivity contribution in [2.24, 2.45) is 5.73 Å². The van der Waals surface area contributed by atoms with Crippen molar-refractivity contribution in [1.29, 1.82) is 5.26 Å². The standard InChI is InChI=1S/C28H40N6O6Si/c1-28(2,3)41(6,7)39-16-19-13-18-9-8-11-34(26(30)35,23(18)32-22(19)25(36-4)37-5)27-31-15-20(14-29)24(33-27)40-21-10-12-38-17-21/h13,15,21,25H,8-12,16-17H2,1-7H3,(H-,30,35)/p+1/t21?,34-/m1/s1. The maximum absolute atomic E-state index is 13.4. The molecule has 2 N–H and O–H groups in total. The highest BCUT2D eigenvalue weighted by Gasteiger charge is 2.50. The van der Waals surface area contributed by atoms with E-state index >= 15 is 0 Å². The minimum absolute atomic E-state index is 0.0199. The Morgan fingerprint density at radius 1 is 1.29 bits per heavy atom. The van der Waals surface area contributed by atoms with Gasteiger partial charge in [-0.25, -0.2) is 4.79 Å². The maximum Gasteiger partial charge on any atom is 0.428 e. The molecule has 0 aromatic carbocycles. The molecule has 222 valence electrons. The Morgan fingerprint density at radius 2 is 2.02 bits per heavy atom.